The molecule has 0 heterocycles. The summed E-state index contributed by atoms with van der Waals surface area (Å²) in [7, 11) is 5.14. The number of carbonyl (C=O) groups is 1. The van der Waals surface area contributed by atoms with Crippen LogP contribution < -0.4 is 10.6 Å². The minimum Gasteiger partial charge on any atom is -0.356 e. The van der Waals surface area contributed by atoms with Crippen molar-refractivity contribution in [1.82, 2.24) is 15.5 Å². The lowest BCUT2D eigenvalue weighted by molar-refractivity contribution is 0.0827. The van der Waals surface area contributed by atoms with Gasteiger partial charge in [-0.3, -0.25) is 9.79 Å². The quantitative estimate of drug-likeness (QED) is 0.505. The monoisotopic (exact) mass is 442 g/mol. The summed E-state index contributed by atoms with van der Waals surface area (Å²) in [6.07, 6.45) is 4.08. The van der Waals surface area contributed by atoms with Crippen LogP contribution in [0.4, 0.5) is 8.78 Å². The van der Waals surface area contributed by atoms with E-state index in [0.29, 0.717) is 31.0 Å². The van der Waals surface area contributed by atoms with E-state index in [-0.39, 0.29) is 11.5 Å². The summed E-state index contributed by atoms with van der Waals surface area (Å²) in [4.78, 5) is 18.0. The molecule has 2 aromatic rings. The van der Waals surface area contributed by atoms with E-state index in [1.165, 1.54) is 18.2 Å². The normalized spacial score (nSPS) is 15.5. The minimum atomic E-state index is -0.575. The number of hydrogen-bond acceptors (Lipinski definition) is 2. The van der Waals surface area contributed by atoms with Crippen molar-refractivity contribution in [2.75, 3.05) is 34.2 Å². The topological polar surface area (TPSA) is 56.7 Å². The van der Waals surface area contributed by atoms with E-state index in [2.05, 4.69) is 15.6 Å². The van der Waals surface area contributed by atoms with E-state index >= 15 is 0 Å². The Bertz CT molecular complexity index is 948. The third kappa shape index (κ3) is 5.44. The van der Waals surface area contributed by atoms with Crippen LogP contribution in [0, 0.1) is 11.6 Å². The van der Waals surface area contributed by atoms with Crippen molar-refractivity contribution in [2.45, 2.75) is 37.5 Å². The molecule has 2 N–H and O–H groups in total. The maximum atomic E-state index is 14.5. The minimum absolute atomic E-state index is 0.0282. The first-order valence-electron chi connectivity index (χ1n) is 11.1. The van der Waals surface area contributed by atoms with Crippen LogP contribution >= 0.6 is 0 Å². The molecule has 0 saturated heterocycles. The number of nitrogens with zero attached hydrogens (tertiary/aromatic N) is 2. The molecule has 2 aromatic carbocycles. The highest BCUT2D eigenvalue weighted by Crippen LogP contribution is 2.42. The molecule has 32 heavy (non-hydrogen) atoms. The first-order chi connectivity index (χ1) is 15.4. The van der Waals surface area contributed by atoms with Gasteiger partial charge in [0, 0.05) is 50.8 Å². The molecule has 0 unspecified atom stereocenters. The highest BCUT2D eigenvalue weighted by molar-refractivity contribution is 5.94. The second-order valence-electron chi connectivity index (χ2n) is 8.59. The third-order valence-corrected chi connectivity index (χ3v) is 6.16. The van der Waals surface area contributed by atoms with Crippen LogP contribution in [0.5, 0.6) is 0 Å². The molecular weight excluding hydrogens is 410 g/mol. The lowest BCUT2D eigenvalue weighted by Gasteiger charge is -2.31. The van der Waals surface area contributed by atoms with Crippen LogP contribution in [0.1, 0.15) is 47.2 Å². The van der Waals surface area contributed by atoms with Gasteiger partial charge in [-0.1, -0.05) is 31.0 Å². The molecule has 0 aliphatic heterocycles. The van der Waals surface area contributed by atoms with E-state index < -0.39 is 17.0 Å². The van der Waals surface area contributed by atoms with Gasteiger partial charge >= 0.3 is 0 Å². The molecule has 1 saturated carbocycles. The zero-order chi connectivity index (χ0) is 23.1. The van der Waals surface area contributed by atoms with Gasteiger partial charge in [0.15, 0.2) is 5.96 Å². The fourth-order valence-electron chi connectivity index (χ4n) is 4.49. The van der Waals surface area contributed by atoms with Gasteiger partial charge in [-0.25, -0.2) is 8.78 Å². The number of guanidine groups is 1. The Labute approximate surface area is 188 Å². The van der Waals surface area contributed by atoms with Crippen LogP contribution in [-0.2, 0) is 11.8 Å². The summed E-state index contributed by atoms with van der Waals surface area (Å²) in [6.45, 7) is 1.03. The number of aliphatic imine (C=N–C) groups is 1. The van der Waals surface area contributed by atoms with Crippen molar-refractivity contribution in [3.05, 3.63) is 70.8 Å². The summed E-state index contributed by atoms with van der Waals surface area (Å²) in [5, 5.41) is 6.55. The van der Waals surface area contributed by atoms with Gasteiger partial charge in [-0.2, -0.15) is 0 Å². The number of nitrogens with one attached hydrogen (secondary N) is 2. The Morgan fingerprint density at radius 3 is 2.34 bits per heavy atom. The second-order valence-corrected chi connectivity index (χ2v) is 8.59. The molecule has 0 radical (unpaired) electrons. The fraction of sp³-hybridized carbons (Fsp3) is 0.440. The van der Waals surface area contributed by atoms with Gasteiger partial charge in [0.1, 0.15) is 11.6 Å². The average molecular weight is 443 g/mol. The summed E-state index contributed by atoms with van der Waals surface area (Å²) < 4.78 is 29.1. The Morgan fingerprint density at radius 2 is 1.72 bits per heavy atom. The maximum absolute atomic E-state index is 14.5. The summed E-state index contributed by atoms with van der Waals surface area (Å²) in [6, 6.07) is 11.6. The standard InChI is InChI=1S/C25H32F2N4O/c1-28-24(29-15-12-18-8-6-9-19(16-18)23(32)31(2)3)30-17-25(13-4-5-14-25)22-20(26)10-7-11-21(22)27/h6-11,16H,4-5,12-15,17H2,1-3H3,(H2,28,29,30). The molecule has 172 valence electrons. The number of hydrogen-bond donors (Lipinski definition) is 2. The van der Waals surface area contributed by atoms with Gasteiger partial charge < -0.3 is 15.5 Å². The molecular formula is C25H32F2N4O. The highest BCUT2D eigenvalue weighted by atomic mass is 19.1. The first kappa shape index (κ1) is 23.7. The molecule has 3 rings (SSSR count). The van der Waals surface area contributed by atoms with Gasteiger partial charge in [-0.05, 0) is 49.1 Å². The third-order valence-electron chi connectivity index (χ3n) is 6.16. The number of amides is 1. The van der Waals surface area contributed by atoms with Crippen LogP contribution in [0.3, 0.4) is 0 Å². The maximum Gasteiger partial charge on any atom is 0.253 e. The highest BCUT2D eigenvalue weighted by Gasteiger charge is 2.39. The molecule has 0 spiro atoms. The zero-order valence-corrected chi connectivity index (χ0v) is 19.0. The second kappa shape index (κ2) is 10.6. The number of benzene rings is 2. The lowest BCUT2D eigenvalue weighted by atomic mass is 9.78. The van der Waals surface area contributed by atoms with E-state index in [0.717, 1.165) is 31.2 Å². The van der Waals surface area contributed by atoms with Crippen LogP contribution in [0.25, 0.3) is 0 Å². The Hall–Kier alpha value is -2.96. The molecule has 1 amide bonds. The summed E-state index contributed by atoms with van der Waals surface area (Å²) in [5.74, 6) is -0.402. The zero-order valence-electron chi connectivity index (χ0n) is 19.0. The Morgan fingerprint density at radius 1 is 1.06 bits per heavy atom. The van der Waals surface area contributed by atoms with Crippen molar-refractivity contribution in [3.63, 3.8) is 0 Å². The molecule has 0 aromatic heterocycles. The van der Waals surface area contributed by atoms with Crippen molar-refractivity contribution in [1.29, 1.82) is 0 Å². The number of halogens is 2. The van der Waals surface area contributed by atoms with E-state index in [1.54, 1.807) is 26.0 Å². The fourth-order valence-corrected chi connectivity index (χ4v) is 4.49. The van der Waals surface area contributed by atoms with Crippen molar-refractivity contribution in [2.24, 2.45) is 4.99 Å². The van der Waals surface area contributed by atoms with Crippen LogP contribution in [-0.4, -0.2) is 51.0 Å². The summed E-state index contributed by atoms with van der Waals surface area (Å²) >= 11 is 0. The predicted molar refractivity (Wildman–Crippen MR) is 124 cm³/mol. The molecule has 0 atom stereocenters. The van der Waals surface area contributed by atoms with Crippen LogP contribution in [0.15, 0.2) is 47.5 Å². The molecule has 1 aliphatic rings. The van der Waals surface area contributed by atoms with E-state index in [1.807, 2.05) is 24.3 Å². The van der Waals surface area contributed by atoms with Gasteiger partial charge in [0.25, 0.3) is 5.91 Å². The molecule has 5 nitrogen and oxygen atoms in total. The van der Waals surface area contributed by atoms with Crippen molar-refractivity contribution in [3.8, 4) is 0 Å². The first-order valence-corrected chi connectivity index (χ1v) is 11.1. The molecule has 0 bridgehead atoms. The van der Waals surface area contributed by atoms with Crippen LogP contribution in [0.2, 0.25) is 0 Å². The number of rotatable bonds is 7. The smallest absolute Gasteiger partial charge is 0.253 e. The van der Waals surface area contributed by atoms with Crippen molar-refractivity contribution < 1.29 is 13.6 Å². The summed E-state index contributed by atoms with van der Waals surface area (Å²) in [5.41, 5.74) is 1.31. The molecule has 1 fully saturated rings. The van der Waals surface area contributed by atoms with Gasteiger partial charge in [0.2, 0.25) is 0 Å². The predicted octanol–water partition coefficient (Wildman–Crippen LogP) is 3.89. The van der Waals surface area contributed by atoms with Crippen molar-refractivity contribution >= 4 is 11.9 Å². The molecule has 1 aliphatic carbocycles. The average Bonchev–Trinajstić information content (AvgIpc) is 3.25. The van der Waals surface area contributed by atoms with E-state index in [9.17, 15) is 13.6 Å². The molecule has 7 heteroatoms. The van der Waals surface area contributed by atoms with Gasteiger partial charge in [0.05, 0.1) is 0 Å². The lowest BCUT2D eigenvalue weighted by Crippen LogP contribution is -2.45. The van der Waals surface area contributed by atoms with E-state index in [4.69, 9.17) is 0 Å². The van der Waals surface area contributed by atoms with Gasteiger partial charge in [-0.15, -0.1) is 0 Å². The SMILES string of the molecule is CN=C(NCCc1cccc(C(=O)N(C)C)c1)NCC1(c2c(F)cccc2F)CCCC1. The number of carbonyl (C=O) groups excluding carboxylic acids is 1. The Kier molecular flexibility index (Phi) is 7.83. The largest absolute Gasteiger partial charge is 0.356 e. The Balaban J connectivity index is 1.60.